The maximum Gasteiger partial charge on any atom is 0.238 e. The highest BCUT2D eigenvalue weighted by Gasteiger charge is 2.33. The number of anilines is 1. The Morgan fingerprint density at radius 1 is 1.31 bits per heavy atom. The lowest BCUT2D eigenvalue weighted by atomic mass is 10.0. The van der Waals surface area contributed by atoms with Crippen molar-refractivity contribution in [3.8, 4) is 10.7 Å². The van der Waals surface area contributed by atoms with Crippen molar-refractivity contribution in [3.05, 3.63) is 51.6 Å². The molecule has 9 heteroatoms. The van der Waals surface area contributed by atoms with Gasteiger partial charge in [0.2, 0.25) is 17.6 Å². The molecule has 0 bridgehead atoms. The molecule has 1 aliphatic rings. The summed E-state index contributed by atoms with van der Waals surface area (Å²) in [5.41, 5.74) is 0.624. The first kappa shape index (κ1) is 17.5. The van der Waals surface area contributed by atoms with E-state index in [4.69, 9.17) is 27.7 Å². The zero-order chi connectivity index (χ0) is 18.1. The molecule has 4 rings (SSSR count). The Kier molecular flexibility index (Phi) is 4.95. The normalized spacial score (nSPS) is 15.0. The van der Waals surface area contributed by atoms with Gasteiger partial charge in [-0.3, -0.25) is 9.69 Å². The van der Waals surface area contributed by atoms with E-state index in [9.17, 15) is 4.79 Å². The van der Waals surface area contributed by atoms with Crippen molar-refractivity contribution in [1.29, 1.82) is 0 Å². The molecule has 1 N–H and O–H groups in total. The number of aromatic nitrogens is 2. The van der Waals surface area contributed by atoms with Crippen molar-refractivity contribution < 1.29 is 9.32 Å². The van der Waals surface area contributed by atoms with Crippen LogP contribution in [0.25, 0.3) is 10.7 Å². The van der Waals surface area contributed by atoms with Crippen molar-refractivity contribution in [2.24, 2.45) is 0 Å². The Morgan fingerprint density at radius 2 is 2.15 bits per heavy atom. The number of halogens is 2. The third-order valence-electron chi connectivity index (χ3n) is 4.06. The van der Waals surface area contributed by atoms with Crippen LogP contribution in [0.1, 0.15) is 11.8 Å². The maximum absolute atomic E-state index is 12.1. The largest absolute Gasteiger partial charge is 0.339 e. The Balaban J connectivity index is 1.28. The molecule has 6 nitrogen and oxygen atoms in total. The van der Waals surface area contributed by atoms with Crippen molar-refractivity contribution in [2.45, 2.75) is 5.92 Å². The van der Waals surface area contributed by atoms with E-state index in [0.717, 1.165) is 4.88 Å². The van der Waals surface area contributed by atoms with Crippen molar-refractivity contribution in [1.82, 2.24) is 15.0 Å². The number of benzene rings is 1. The fourth-order valence-corrected chi connectivity index (χ4v) is 3.69. The fraction of sp³-hybridized carbons (Fsp3) is 0.235. The standard InChI is InChI=1S/C17H14Cl2N4O2S/c18-12-4-3-11(6-13(12)19)20-15(24)9-23-7-10(8-23)17-21-16(22-25-17)14-2-1-5-26-14/h1-6,10H,7-9H2,(H,20,24). The molecule has 3 heterocycles. The Bertz CT molecular complexity index is 923. The number of likely N-dealkylation sites (tertiary alicyclic amines) is 1. The second-order valence-corrected chi connectivity index (χ2v) is 7.76. The molecule has 1 aliphatic heterocycles. The lowest BCUT2D eigenvalue weighted by Crippen LogP contribution is -2.48. The first-order chi connectivity index (χ1) is 12.6. The van der Waals surface area contributed by atoms with Crippen LogP contribution in [0.2, 0.25) is 10.0 Å². The third-order valence-corrected chi connectivity index (χ3v) is 5.67. The van der Waals surface area contributed by atoms with Crippen LogP contribution in [-0.2, 0) is 4.79 Å². The summed E-state index contributed by atoms with van der Waals surface area (Å²) in [6.45, 7) is 1.71. The first-order valence-electron chi connectivity index (χ1n) is 7.93. The number of carbonyl (C=O) groups excluding carboxylic acids is 1. The highest BCUT2D eigenvalue weighted by Crippen LogP contribution is 2.29. The number of hydrogen-bond acceptors (Lipinski definition) is 6. The number of rotatable bonds is 5. The van der Waals surface area contributed by atoms with Gasteiger partial charge in [0.1, 0.15) is 0 Å². The molecule has 1 amide bonds. The summed E-state index contributed by atoms with van der Waals surface area (Å²) in [6, 6.07) is 8.91. The summed E-state index contributed by atoms with van der Waals surface area (Å²) in [5, 5.41) is 9.67. The third kappa shape index (κ3) is 3.76. The summed E-state index contributed by atoms with van der Waals surface area (Å²) >= 11 is 13.4. The van der Waals surface area contributed by atoms with E-state index in [-0.39, 0.29) is 11.8 Å². The van der Waals surface area contributed by atoms with Crippen molar-refractivity contribution >= 4 is 46.1 Å². The number of amides is 1. The second kappa shape index (κ2) is 7.36. The van der Waals surface area contributed by atoms with Crippen LogP contribution in [0.5, 0.6) is 0 Å². The van der Waals surface area contributed by atoms with Crippen LogP contribution >= 0.6 is 34.5 Å². The van der Waals surface area contributed by atoms with Crippen LogP contribution in [0.4, 0.5) is 5.69 Å². The van der Waals surface area contributed by atoms with E-state index in [2.05, 4.69) is 15.5 Å². The van der Waals surface area contributed by atoms with E-state index in [1.807, 2.05) is 22.4 Å². The van der Waals surface area contributed by atoms with Gasteiger partial charge >= 0.3 is 0 Å². The number of thiophene rings is 1. The summed E-state index contributed by atoms with van der Waals surface area (Å²) in [7, 11) is 0. The van der Waals surface area contributed by atoms with Gasteiger partial charge in [0.15, 0.2) is 0 Å². The summed E-state index contributed by atoms with van der Waals surface area (Å²) in [4.78, 5) is 19.6. The molecule has 1 saturated heterocycles. The molecule has 134 valence electrons. The molecule has 0 unspecified atom stereocenters. The van der Waals surface area contributed by atoms with Crippen LogP contribution < -0.4 is 5.32 Å². The monoisotopic (exact) mass is 408 g/mol. The highest BCUT2D eigenvalue weighted by atomic mass is 35.5. The molecule has 1 fully saturated rings. The van der Waals surface area contributed by atoms with E-state index >= 15 is 0 Å². The lowest BCUT2D eigenvalue weighted by molar-refractivity contribution is -0.118. The van der Waals surface area contributed by atoms with Crippen molar-refractivity contribution in [2.75, 3.05) is 25.0 Å². The summed E-state index contributed by atoms with van der Waals surface area (Å²) in [5.74, 6) is 1.29. The van der Waals surface area contributed by atoms with Crippen LogP contribution in [0.15, 0.2) is 40.2 Å². The maximum atomic E-state index is 12.1. The second-order valence-electron chi connectivity index (χ2n) is 6.00. The van der Waals surface area contributed by atoms with Crippen molar-refractivity contribution in [3.63, 3.8) is 0 Å². The quantitative estimate of drug-likeness (QED) is 0.686. The zero-order valence-electron chi connectivity index (χ0n) is 13.5. The van der Waals surface area contributed by atoms with Gasteiger partial charge in [-0.15, -0.1) is 11.3 Å². The minimum absolute atomic E-state index is 0.105. The zero-order valence-corrected chi connectivity index (χ0v) is 15.8. The van der Waals surface area contributed by atoms with Crippen LogP contribution in [-0.4, -0.2) is 40.6 Å². The molecule has 26 heavy (non-hydrogen) atoms. The van der Waals surface area contributed by atoms with E-state index in [1.54, 1.807) is 29.5 Å². The Hall–Kier alpha value is -1.93. The van der Waals surface area contributed by atoms with Gasteiger partial charge < -0.3 is 9.84 Å². The average Bonchev–Trinajstić information content (AvgIpc) is 3.24. The van der Waals surface area contributed by atoms with Gasteiger partial charge in [-0.1, -0.05) is 34.4 Å². The summed E-state index contributed by atoms with van der Waals surface area (Å²) in [6.07, 6.45) is 0. The molecule has 1 aromatic carbocycles. The van der Waals surface area contributed by atoms with Gasteiger partial charge in [0.25, 0.3) is 0 Å². The molecule has 0 atom stereocenters. The molecule has 0 aliphatic carbocycles. The topological polar surface area (TPSA) is 71.3 Å². The van der Waals surface area contributed by atoms with E-state index < -0.39 is 0 Å². The number of carbonyl (C=O) groups is 1. The fourth-order valence-electron chi connectivity index (χ4n) is 2.74. The Morgan fingerprint density at radius 3 is 2.88 bits per heavy atom. The molecule has 3 aromatic rings. The van der Waals surface area contributed by atoms with Crippen LogP contribution in [0.3, 0.4) is 0 Å². The molecule has 0 spiro atoms. The minimum atomic E-state index is -0.105. The Labute approximate surface area is 163 Å². The van der Waals surface area contributed by atoms with Gasteiger partial charge in [-0.25, -0.2) is 0 Å². The summed E-state index contributed by atoms with van der Waals surface area (Å²) < 4.78 is 5.36. The SMILES string of the molecule is O=C(CN1CC(c2nc(-c3cccs3)no2)C1)Nc1ccc(Cl)c(Cl)c1. The number of hydrogen-bond donors (Lipinski definition) is 1. The molecular formula is C17H14Cl2N4O2S. The van der Waals surface area contributed by atoms with E-state index in [0.29, 0.717) is 47.1 Å². The van der Waals surface area contributed by atoms with Gasteiger partial charge in [-0.05, 0) is 29.6 Å². The minimum Gasteiger partial charge on any atom is -0.339 e. The van der Waals surface area contributed by atoms with Gasteiger partial charge in [-0.2, -0.15) is 4.98 Å². The smallest absolute Gasteiger partial charge is 0.238 e. The van der Waals surface area contributed by atoms with Gasteiger partial charge in [0, 0.05) is 18.8 Å². The molecule has 2 aromatic heterocycles. The first-order valence-corrected chi connectivity index (χ1v) is 9.57. The van der Waals surface area contributed by atoms with Gasteiger partial charge in [0.05, 0.1) is 27.4 Å². The van der Waals surface area contributed by atoms with Crippen LogP contribution in [0, 0.1) is 0 Å². The molecule has 0 saturated carbocycles. The number of nitrogens with one attached hydrogen (secondary N) is 1. The predicted octanol–water partition coefficient (Wildman–Crippen LogP) is 4.14. The predicted molar refractivity (Wildman–Crippen MR) is 102 cm³/mol. The number of nitrogens with zero attached hydrogens (tertiary/aromatic N) is 3. The van der Waals surface area contributed by atoms with E-state index in [1.165, 1.54) is 0 Å². The molecular weight excluding hydrogens is 395 g/mol. The average molecular weight is 409 g/mol. The highest BCUT2D eigenvalue weighted by molar-refractivity contribution is 7.13. The lowest BCUT2D eigenvalue weighted by Gasteiger charge is -2.36. The molecule has 0 radical (unpaired) electrons.